The van der Waals surface area contributed by atoms with Gasteiger partial charge in [0, 0.05) is 18.3 Å². The van der Waals surface area contributed by atoms with Crippen LogP contribution in [0.25, 0.3) is 0 Å². The van der Waals surface area contributed by atoms with Gasteiger partial charge in [-0.2, -0.15) is 0 Å². The number of carboxylic acids is 1. The summed E-state index contributed by atoms with van der Waals surface area (Å²) in [4.78, 5) is 26.4. The van der Waals surface area contributed by atoms with Crippen molar-refractivity contribution in [1.82, 2.24) is 10.3 Å². The molecule has 6 nitrogen and oxygen atoms in total. The second-order valence-electron chi connectivity index (χ2n) is 3.95. The van der Waals surface area contributed by atoms with Crippen LogP contribution in [0, 0.1) is 5.92 Å². The van der Waals surface area contributed by atoms with Crippen LogP contribution in [0.4, 0.5) is 0 Å². The molecule has 100 valence electrons. The van der Waals surface area contributed by atoms with E-state index in [-0.39, 0.29) is 5.91 Å². The van der Waals surface area contributed by atoms with Gasteiger partial charge in [-0.25, -0.2) is 4.98 Å². The van der Waals surface area contributed by atoms with E-state index in [1.165, 1.54) is 11.3 Å². The van der Waals surface area contributed by atoms with Crippen LogP contribution < -0.4 is 11.1 Å². The van der Waals surface area contributed by atoms with Crippen molar-refractivity contribution in [3.8, 4) is 0 Å². The largest absolute Gasteiger partial charge is 0.481 e. The Balaban J connectivity index is 2.38. The molecule has 1 aromatic heterocycles. The Hall–Kier alpha value is -1.47. The fourth-order valence-electron chi connectivity index (χ4n) is 1.27. The van der Waals surface area contributed by atoms with Crippen LogP contribution in [0.3, 0.4) is 0 Å². The van der Waals surface area contributed by atoms with E-state index in [9.17, 15) is 9.59 Å². The number of hydrogen-bond acceptors (Lipinski definition) is 5. The Kier molecular flexibility index (Phi) is 5.73. The number of amides is 1. The standard InChI is InChI=1S/C11H17N3O3S/c1-7(11(16)17)3-5-13-10(15)8-6-18-9(14-8)2-4-12/h6-7H,2-5,12H2,1H3,(H,13,15)(H,16,17). The molecule has 18 heavy (non-hydrogen) atoms. The lowest BCUT2D eigenvalue weighted by atomic mass is 10.1. The van der Waals surface area contributed by atoms with Crippen LogP contribution in [-0.4, -0.2) is 35.1 Å². The van der Waals surface area contributed by atoms with Crippen molar-refractivity contribution in [3.05, 3.63) is 16.1 Å². The van der Waals surface area contributed by atoms with Gasteiger partial charge in [0.25, 0.3) is 5.91 Å². The normalized spacial score (nSPS) is 12.1. The van der Waals surface area contributed by atoms with Crippen molar-refractivity contribution >= 4 is 23.2 Å². The maximum atomic E-state index is 11.7. The van der Waals surface area contributed by atoms with E-state index in [1.54, 1.807) is 12.3 Å². The third kappa shape index (κ3) is 4.42. The molecule has 4 N–H and O–H groups in total. The smallest absolute Gasteiger partial charge is 0.306 e. The van der Waals surface area contributed by atoms with E-state index in [4.69, 9.17) is 10.8 Å². The number of aliphatic carboxylic acids is 1. The minimum atomic E-state index is -0.858. The van der Waals surface area contributed by atoms with Crippen LogP contribution in [0.1, 0.15) is 28.8 Å². The summed E-state index contributed by atoms with van der Waals surface area (Å²) in [5, 5.41) is 13.9. The number of rotatable bonds is 7. The molecule has 7 heteroatoms. The summed E-state index contributed by atoms with van der Waals surface area (Å²) < 4.78 is 0. The van der Waals surface area contributed by atoms with Gasteiger partial charge in [-0.05, 0) is 13.0 Å². The predicted molar refractivity (Wildman–Crippen MR) is 68.6 cm³/mol. The van der Waals surface area contributed by atoms with E-state index >= 15 is 0 Å². The molecule has 1 heterocycles. The molecular weight excluding hydrogens is 254 g/mol. The SMILES string of the molecule is CC(CCNC(=O)c1csc(CCN)n1)C(=O)O. The van der Waals surface area contributed by atoms with Gasteiger partial charge in [-0.1, -0.05) is 6.92 Å². The van der Waals surface area contributed by atoms with Gasteiger partial charge >= 0.3 is 5.97 Å². The van der Waals surface area contributed by atoms with E-state index in [0.29, 0.717) is 31.6 Å². The minimum absolute atomic E-state index is 0.271. The lowest BCUT2D eigenvalue weighted by Crippen LogP contribution is -2.27. The zero-order valence-corrected chi connectivity index (χ0v) is 11.0. The maximum absolute atomic E-state index is 11.7. The van der Waals surface area contributed by atoms with Crippen LogP contribution >= 0.6 is 11.3 Å². The van der Waals surface area contributed by atoms with Crippen LogP contribution in [0.2, 0.25) is 0 Å². The molecule has 0 fully saturated rings. The number of thiazole rings is 1. The summed E-state index contributed by atoms with van der Waals surface area (Å²) in [5.74, 6) is -1.59. The predicted octanol–water partition coefficient (Wildman–Crippen LogP) is 0.485. The zero-order chi connectivity index (χ0) is 13.5. The molecule has 1 aromatic rings. The van der Waals surface area contributed by atoms with Gasteiger partial charge in [-0.3, -0.25) is 9.59 Å². The van der Waals surface area contributed by atoms with Gasteiger partial charge in [0.05, 0.1) is 10.9 Å². The number of nitrogens with one attached hydrogen (secondary N) is 1. The highest BCUT2D eigenvalue weighted by atomic mass is 32.1. The molecule has 0 bridgehead atoms. The first kappa shape index (κ1) is 14.6. The Morgan fingerprint density at radius 2 is 2.33 bits per heavy atom. The summed E-state index contributed by atoms with van der Waals surface area (Å²) in [7, 11) is 0. The summed E-state index contributed by atoms with van der Waals surface area (Å²) in [6.45, 7) is 2.44. The number of carboxylic acid groups (broad SMARTS) is 1. The first-order valence-corrected chi connectivity index (χ1v) is 6.58. The number of hydrogen-bond donors (Lipinski definition) is 3. The van der Waals surface area contributed by atoms with Crippen LogP contribution in [0.15, 0.2) is 5.38 Å². The van der Waals surface area contributed by atoms with E-state index in [2.05, 4.69) is 10.3 Å². The van der Waals surface area contributed by atoms with Crippen molar-refractivity contribution in [2.24, 2.45) is 11.7 Å². The fourth-order valence-corrected chi connectivity index (χ4v) is 2.06. The Morgan fingerprint density at radius 1 is 1.61 bits per heavy atom. The molecule has 0 aliphatic heterocycles. The third-order valence-electron chi connectivity index (χ3n) is 2.43. The van der Waals surface area contributed by atoms with E-state index in [0.717, 1.165) is 5.01 Å². The van der Waals surface area contributed by atoms with Crippen LogP contribution in [0.5, 0.6) is 0 Å². The van der Waals surface area contributed by atoms with Gasteiger partial charge in [0.1, 0.15) is 5.69 Å². The van der Waals surface area contributed by atoms with Crippen molar-refractivity contribution in [3.63, 3.8) is 0 Å². The average molecular weight is 271 g/mol. The summed E-state index contributed by atoms with van der Waals surface area (Å²) >= 11 is 1.40. The minimum Gasteiger partial charge on any atom is -0.481 e. The van der Waals surface area contributed by atoms with Crippen molar-refractivity contribution in [1.29, 1.82) is 0 Å². The molecule has 1 amide bonds. The average Bonchev–Trinajstić information content (AvgIpc) is 2.77. The maximum Gasteiger partial charge on any atom is 0.306 e. The summed E-state index contributed by atoms with van der Waals surface area (Å²) in [5.41, 5.74) is 5.77. The molecule has 0 saturated heterocycles. The van der Waals surface area contributed by atoms with Gasteiger partial charge in [-0.15, -0.1) is 11.3 Å². The van der Waals surface area contributed by atoms with Gasteiger partial charge in [0.15, 0.2) is 0 Å². The number of carbonyl (C=O) groups is 2. The fraction of sp³-hybridized carbons (Fsp3) is 0.545. The Bertz CT molecular complexity index is 419. The summed E-state index contributed by atoms with van der Waals surface area (Å²) in [6.07, 6.45) is 1.06. The molecule has 1 atom stereocenters. The van der Waals surface area contributed by atoms with Crippen molar-refractivity contribution in [2.75, 3.05) is 13.1 Å². The molecule has 0 radical (unpaired) electrons. The second kappa shape index (κ2) is 7.07. The molecule has 0 aromatic carbocycles. The van der Waals surface area contributed by atoms with Gasteiger partial charge in [0.2, 0.25) is 0 Å². The zero-order valence-electron chi connectivity index (χ0n) is 10.2. The molecule has 0 saturated carbocycles. The summed E-state index contributed by atoms with van der Waals surface area (Å²) in [6, 6.07) is 0. The molecule has 0 aliphatic carbocycles. The number of nitrogens with zero attached hydrogens (tertiary/aromatic N) is 1. The quantitative estimate of drug-likeness (QED) is 0.669. The lowest BCUT2D eigenvalue weighted by Gasteiger charge is -2.06. The highest BCUT2D eigenvalue weighted by Crippen LogP contribution is 2.10. The number of aromatic nitrogens is 1. The van der Waals surface area contributed by atoms with Crippen molar-refractivity contribution in [2.45, 2.75) is 19.8 Å². The molecule has 1 unspecified atom stereocenters. The van der Waals surface area contributed by atoms with Gasteiger partial charge < -0.3 is 16.2 Å². The topological polar surface area (TPSA) is 105 Å². The Morgan fingerprint density at radius 3 is 2.94 bits per heavy atom. The molecule has 0 spiro atoms. The number of carbonyl (C=O) groups excluding carboxylic acids is 1. The van der Waals surface area contributed by atoms with E-state index in [1.807, 2.05) is 0 Å². The Labute approximate surface area is 109 Å². The highest BCUT2D eigenvalue weighted by molar-refractivity contribution is 7.09. The molecular formula is C11H17N3O3S. The van der Waals surface area contributed by atoms with Crippen LogP contribution in [-0.2, 0) is 11.2 Å². The number of nitrogens with two attached hydrogens (primary N) is 1. The highest BCUT2D eigenvalue weighted by Gasteiger charge is 2.13. The third-order valence-corrected chi connectivity index (χ3v) is 3.34. The first-order chi connectivity index (χ1) is 8.54. The molecule has 0 aliphatic rings. The first-order valence-electron chi connectivity index (χ1n) is 5.70. The monoisotopic (exact) mass is 271 g/mol. The van der Waals surface area contributed by atoms with Crippen molar-refractivity contribution < 1.29 is 14.7 Å². The lowest BCUT2D eigenvalue weighted by molar-refractivity contribution is -0.141. The molecule has 1 rings (SSSR count). The van der Waals surface area contributed by atoms with E-state index < -0.39 is 11.9 Å². The second-order valence-corrected chi connectivity index (χ2v) is 4.89.